The second-order valence-corrected chi connectivity index (χ2v) is 5.70. The van der Waals surface area contributed by atoms with Crippen LogP contribution in [0.1, 0.15) is 42.5 Å². The summed E-state index contributed by atoms with van der Waals surface area (Å²) in [5, 5.41) is 4.30. The van der Waals surface area contributed by atoms with E-state index in [0.29, 0.717) is 25.2 Å². The maximum Gasteiger partial charge on any atom is 0.410 e. The van der Waals surface area contributed by atoms with Crippen molar-refractivity contribution in [1.82, 2.24) is 14.7 Å². The Morgan fingerprint density at radius 3 is 2.68 bits per heavy atom. The smallest absolute Gasteiger partial charge is 0.410 e. The first-order valence-corrected chi connectivity index (χ1v) is 6.29. The molecule has 2 heterocycles. The molecule has 0 radical (unpaired) electrons. The summed E-state index contributed by atoms with van der Waals surface area (Å²) in [5.41, 5.74) is 1.74. The van der Waals surface area contributed by atoms with Crippen molar-refractivity contribution in [1.29, 1.82) is 0 Å². The largest absolute Gasteiger partial charge is 0.444 e. The van der Waals surface area contributed by atoms with Gasteiger partial charge in [-0.25, -0.2) is 4.79 Å². The van der Waals surface area contributed by atoms with Crippen LogP contribution < -0.4 is 0 Å². The first kappa shape index (κ1) is 13.6. The molecule has 0 N–H and O–H groups in total. The summed E-state index contributed by atoms with van der Waals surface area (Å²) in [6, 6.07) is 0. The van der Waals surface area contributed by atoms with Crippen LogP contribution in [0.2, 0.25) is 0 Å². The number of ether oxygens (including phenoxy) is 1. The number of nitrogens with zero attached hydrogens (tertiary/aromatic N) is 3. The van der Waals surface area contributed by atoms with E-state index >= 15 is 0 Å². The summed E-state index contributed by atoms with van der Waals surface area (Å²) in [6.07, 6.45) is 1.08. The standard InChI is InChI=1S/C13H19N3O3/c1-13(2,3)19-12(18)16-6-5-10-9(7-16)11(8-17)15(4)14-10/h8H,5-7H2,1-4H3. The molecule has 1 aliphatic heterocycles. The van der Waals surface area contributed by atoms with Gasteiger partial charge in [0, 0.05) is 25.6 Å². The number of amides is 1. The molecule has 1 amide bonds. The third-order valence-electron chi connectivity index (χ3n) is 3.01. The van der Waals surface area contributed by atoms with Crippen molar-refractivity contribution in [2.24, 2.45) is 7.05 Å². The molecule has 1 aromatic heterocycles. The number of hydrogen-bond acceptors (Lipinski definition) is 4. The Morgan fingerprint density at radius 2 is 2.11 bits per heavy atom. The van der Waals surface area contributed by atoms with Gasteiger partial charge in [-0.05, 0) is 20.8 Å². The van der Waals surface area contributed by atoms with Crippen LogP contribution in [0.5, 0.6) is 0 Å². The van der Waals surface area contributed by atoms with Crippen LogP contribution in [0.4, 0.5) is 4.79 Å². The number of carbonyl (C=O) groups excluding carboxylic acids is 2. The highest BCUT2D eigenvalue weighted by Gasteiger charge is 2.29. The van der Waals surface area contributed by atoms with Gasteiger partial charge in [0.25, 0.3) is 0 Å². The zero-order valence-electron chi connectivity index (χ0n) is 11.8. The first-order valence-electron chi connectivity index (χ1n) is 6.29. The maximum atomic E-state index is 12.0. The Kier molecular flexibility index (Phi) is 3.34. The average molecular weight is 265 g/mol. The summed E-state index contributed by atoms with van der Waals surface area (Å²) >= 11 is 0. The molecule has 104 valence electrons. The van der Waals surface area contributed by atoms with Crippen molar-refractivity contribution >= 4 is 12.4 Å². The fourth-order valence-corrected chi connectivity index (χ4v) is 2.15. The molecule has 0 atom stereocenters. The van der Waals surface area contributed by atoms with Gasteiger partial charge in [-0.2, -0.15) is 5.10 Å². The van der Waals surface area contributed by atoms with E-state index in [9.17, 15) is 9.59 Å². The zero-order chi connectivity index (χ0) is 14.2. The summed E-state index contributed by atoms with van der Waals surface area (Å²) in [6.45, 7) is 6.45. The van der Waals surface area contributed by atoms with Gasteiger partial charge >= 0.3 is 6.09 Å². The second-order valence-electron chi connectivity index (χ2n) is 5.70. The van der Waals surface area contributed by atoms with Gasteiger partial charge in [-0.15, -0.1) is 0 Å². The third kappa shape index (κ3) is 2.77. The number of aromatic nitrogens is 2. The van der Waals surface area contributed by atoms with E-state index in [1.54, 1.807) is 16.6 Å². The van der Waals surface area contributed by atoms with Crippen molar-refractivity contribution in [2.75, 3.05) is 6.54 Å². The topological polar surface area (TPSA) is 64.4 Å². The van der Waals surface area contributed by atoms with E-state index in [1.807, 2.05) is 20.8 Å². The van der Waals surface area contributed by atoms with Gasteiger partial charge in [0.05, 0.1) is 12.2 Å². The highest BCUT2D eigenvalue weighted by Crippen LogP contribution is 2.22. The van der Waals surface area contributed by atoms with Crippen LogP contribution in [0.25, 0.3) is 0 Å². The lowest BCUT2D eigenvalue weighted by atomic mass is 10.1. The normalized spacial score (nSPS) is 15.1. The van der Waals surface area contributed by atoms with Gasteiger partial charge in [-0.1, -0.05) is 0 Å². The molecule has 2 rings (SSSR count). The van der Waals surface area contributed by atoms with E-state index in [4.69, 9.17) is 4.74 Å². The molecule has 1 aliphatic rings. The van der Waals surface area contributed by atoms with Crippen LogP contribution in [-0.2, 0) is 24.8 Å². The molecule has 0 saturated carbocycles. The molecule has 0 bridgehead atoms. The Morgan fingerprint density at radius 1 is 1.42 bits per heavy atom. The molecule has 0 aliphatic carbocycles. The van der Waals surface area contributed by atoms with Crippen LogP contribution >= 0.6 is 0 Å². The van der Waals surface area contributed by atoms with E-state index < -0.39 is 5.60 Å². The third-order valence-corrected chi connectivity index (χ3v) is 3.01. The van der Waals surface area contributed by atoms with Crippen LogP contribution in [0.15, 0.2) is 0 Å². The highest BCUT2D eigenvalue weighted by atomic mass is 16.6. The van der Waals surface area contributed by atoms with Crippen molar-refractivity contribution in [3.63, 3.8) is 0 Å². The number of fused-ring (bicyclic) bond motifs is 1. The van der Waals surface area contributed by atoms with Crippen molar-refractivity contribution in [2.45, 2.75) is 39.3 Å². The lowest BCUT2D eigenvalue weighted by Gasteiger charge is -2.29. The summed E-state index contributed by atoms with van der Waals surface area (Å²) < 4.78 is 6.91. The van der Waals surface area contributed by atoms with E-state index in [0.717, 1.165) is 17.5 Å². The molecule has 0 saturated heterocycles. The van der Waals surface area contributed by atoms with Crippen LogP contribution in [0.3, 0.4) is 0 Å². The summed E-state index contributed by atoms with van der Waals surface area (Å²) in [7, 11) is 1.74. The molecule has 1 aromatic rings. The highest BCUT2D eigenvalue weighted by molar-refractivity contribution is 5.76. The van der Waals surface area contributed by atoms with Gasteiger partial charge in [0.15, 0.2) is 6.29 Å². The predicted octanol–water partition coefficient (Wildman–Crippen LogP) is 1.53. The second kappa shape index (κ2) is 4.68. The number of aryl methyl sites for hydroxylation is 1. The van der Waals surface area contributed by atoms with Crippen molar-refractivity contribution < 1.29 is 14.3 Å². The number of carbonyl (C=O) groups is 2. The number of hydrogen-bond donors (Lipinski definition) is 0. The molecular weight excluding hydrogens is 246 g/mol. The molecular formula is C13H19N3O3. The van der Waals surface area contributed by atoms with Gasteiger partial charge in [-0.3, -0.25) is 9.48 Å². The predicted molar refractivity (Wildman–Crippen MR) is 68.9 cm³/mol. The minimum atomic E-state index is -0.514. The van der Waals surface area contributed by atoms with Gasteiger partial charge in [0.2, 0.25) is 0 Å². The molecule has 6 nitrogen and oxygen atoms in total. The Bertz CT molecular complexity index is 514. The summed E-state index contributed by atoms with van der Waals surface area (Å²) in [5.74, 6) is 0. The Balaban J connectivity index is 2.17. The van der Waals surface area contributed by atoms with Crippen LogP contribution in [-0.4, -0.2) is 39.2 Å². The van der Waals surface area contributed by atoms with E-state index in [-0.39, 0.29) is 6.09 Å². The monoisotopic (exact) mass is 265 g/mol. The number of rotatable bonds is 1. The lowest BCUT2D eigenvalue weighted by molar-refractivity contribution is 0.0223. The Labute approximate surface area is 112 Å². The average Bonchev–Trinajstić information content (AvgIpc) is 2.60. The first-order chi connectivity index (χ1) is 8.81. The molecule has 6 heteroatoms. The molecule has 19 heavy (non-hydrogen) atoms. The van der Waals surface area contributed by atoms with Gasteiger partial charge < -0.3 is 9.64 Å². The molecule has 0 spiro atoms. The van der Waals surface area contributed by atoms with Crippen molar-refractivity contribution in [3.8, 4) is 0 Å². The van der Waals surface area contributed by atoms with E-state index in [1.165, 1.54) is 0 Å². The Hall–Kier alpha value is -1.85. The minimum Gasteiger partial charge on any atom is -0.444 e. The lowest BCUT2D eigenvalue weighted by Crippen LogP contribution is -2.40. The fraction of sp³-hybridized carbons (Fsp3) is 0.615. The fourth-order valence-electron chi connectivity index (χ4n) is 2.15. The SMILES string of the molecule is Cn1nc2c(c1C=O)CN(C(=O)OC(C)(C)C)CC2. The van der Waals surface area contributed by atoms with Crippen molar-refractivity contribution in [3.05, 3.63) is 17.0 Å². The molecule has 0 unspecified atom stereocenters. The molecule has 0 fully saturated rings. The quantitative estimate of drug-likeness (QED) is 0.722. The molecule has 0 aromatic carbocycles. The maximum absolute atomic E-state index is 12.0. The van der Waals surface area contributed by atoms with E-state index in [2.05, 4.69) is 5.10 Å². The zero-order valence-corrected chi connectivity index (χ0v) is 11.8. The van der Waals surface area contributed by atoms with Gasteiger partial charge in [0.1, 0.15) is 11.3 Å². The van der Waals surface area contributed by atoms with Crippen LogP contribution in [0, 0.1) is 0 Å². The number of aldehydes is 1. The summed E-state index contributed by atoms with van der Waals surface area (Å²) in [4.78, 5) is 24.7. The minimum absolute atomic E-state index is 0.348.